The topological polar surface area (TPSA) is 55.8 Å². The summed E-state index contributed by atoms with van der Waals surface area (Å²) in [5.74, 6) is 0.137. The summed E-state index contributed by atoms with van der Waals surface area (Å²) in [6, 6.07) is 0.0398. The van der Waals surface area contributed by atoms with Crippen molar-refractivity contribution in [2.45, 2.75) is 51.2 Å². The Bertz CT molecular complexity index is 325. The van der Waals surface area contributed by atoms with Crippen molar-refractivity contribution in [3.63, 3.8) is 0 Å². The fraction of sp³-hybridized carbons (Fsp3) is 0.857. The van der Waals surface area contributed by atoms with Crippen LogP contribution in [0.2, 0.25) is 0 Å². The van der Waals surface area contributed by atoms with Crippen LogP contribution in [-0.2, 0) is 19.1 Å². The lowest BCUT2D eigenvalue weighted by Gasteiger charge is -2.33. The van der Waals surface area contributed by atoms with Crippen LogP contribution in [0.15, 0.2) is 0 Å². The predicted molar refractivity (Wildman–Crippen MR) is 69.8 cm³/mol. The molecular formula is C14H23NO4. The molecule has 2 saturated heterocycles. The predicted octanol–water partition coefficient (Wildman–Crippen LogP) is 1.15. The molecule has 2 atom stereocenters. The second-order valence-corrected chi connectivity index (χ2v) is 5.38. The molecule has 0 saturated carbocycles. The molecule has 2 aliphatic heterocycles. The zero-order valence-electron chi connectivity index (χ0n) is 11.6. The van der Waals surface area contributed by atoms with Crippen molar-refractivity contribution in [1.82, 2.24) is 4.90 Å². The highest BCUT2D eigenvalue weighted by Crippen LogP contribution is 2.21. The van der Waals surface area contributed by atoms with Gasteiger partial charge in [0, 0.05) is 19.0 Å². The van der Waals surface area contributed by atoms with E-state index in [1.54, 1.807) is 6.92 Å². The first-order valence-electron chi connectivity index (χ1n) is 7.17. The first kappa shape index (κ1) is 14.5. The van der Waals surface area contributed by atoms with Gasteiger partial charge in [0.1, 0.15) is 5.78 Å². The smallest absolute Gasteiger partial charge is 0.254 e. The van der Waals surface area contributed by atoms with Crippen molar-refractivity contribution in [1.29, 1.82) is 0 Å². The van der Waals surface area contributed by atoms with Crippen LogP contribution in [0.5, 0.6) is 0 Å². The second-order valence-electron chi connectivity index (χ2n) is 5.38. The number of ether oxygens (including phenoxy) is 2. The summed E-state index contributed by atoms with van der Waals surface area (Å²) in [6.45, 7) is 3.69. The van der Waals surface area contributed by atoms with E-state index in [0.29, 0.717) is 26.2 Å². The molecule has 0 N–H and O–H groups in total. The van der Waals surface area contributed by atoms with E-state index in [-0.39, 0.29) is 17.7 Å². The standard InChI is InChI=1S/C14H23NO4/c1-11(16)9-12-5-3-2-4-6-15(12)14(17)13-10-18-7-8-19-13/h12-13H,2-10H2,1H3. The summed E-state index contributed by atoms with van der Waals surface area (Å²) in [4.78, 5) is 25.7. The van der Waals surface area contributed by atoms with Gasteiger partial charge < -0.3 is 14.4 Å². The van der Waals surface area contributed by atoms with Crippen molar-refractivity contribution in [3.8, 4) is 0 Å². The molecule has 2 unspecified atom stereocenters. The first-order valence-corrected chi connectivity index (χ1v) is 7.17. The van der Waals surface area contributed by atoms with Crippen LogP contribution in [0.1, 0.15) is 39.0 Å². The third-order valence-electron chi connectivity index (χ3n) is 3.77. The molecule has 19 heavy (non-hydrogen) atoms. The van der Waals surface area contributed by atoms with Gasteiger partial charge in [-0.1, -0.05) is 12.8 Å². The third-order valence-corrected chi connectivity index (χ3v) is 3.77. The molecule has 0 aromatic heterocycles. The molecule has 0 aromatic rings. The minimum absolute atomic E-state index is 0.00662. The minimum atomic E-state index is -0.485. The maximum absolute atomic E-state index is 12.5. The van der Waals surface area contributed by atoms with Crippen molar-refractivity contribution in [2.24, 2.45) is 0 Å². The van der Waals surface area contributed by atoms with Gasteiger partial charge in [-0.3, -0.25) is 9.59 Å². The molecule has 5 heteroatoms. The lowest BCUT2D eigenvalue weighted by Crippen LogP contribution is -2.49. The Morgan fingerprint density at radius 1 is 1.21 bits per heavy atom. The Hall–Kier alpha value is -0.940. The monoisotopic (exact) mass is 269 g/mol. The fourth-order valence-electron chi connectivity index (χ4n) is 2.83. The minimum Gasteiger partial charge on any atom is -0.376 e. The number of carbonyl (C=O) groups excluding carboxylic acids is 2. The van der Waals surface area contributed by atoms with E-state index in [2.05, 4.69) is 0 Å². The molecule has 1 amide bonds. The molecule has 108 valence electrons. The summed E-state index contributed by atoms with van der Waals surface area (Å²) >= 11 is 0. The van der Waals surface area contributed by atoms with E-state index in [1.165, 1.54) is 0 Å². The lowest BCUT2D eigenvalue weighted by molar-refractivity contribution is -0.160. The van der Waals surface area contributed by atoms with Crippen LogP contribution in [-0.4, -0.2) is 55.1 Å². The molecule has 0 spiro atoms. The highest BCUT2D eigenvalue weighted by atomic mass is 16.6. The van der Waals surface area contributed by atoms with Gasteiger partial charge in [-0.15, -0.1) is 0 Å². The van der Waals surface area contributed by atoms with Crippen LogP contribution in [0.25, 0.3) is 0 Å². The van der Waals surface area contributed by atoms with Gasteiger partial charge in [-0.2, -0.15) is 0 Å². The first-order chi connectivity index (χ1) is 9.18. The molecule has 5 nitrogen and oxygen atoms in total. The summed E-state index contributed by atoms with van der Waals surface area (Å²) in [7, 11) is 0. The summed E-state index contributed by atoms with van der Waals surface area (Å²) in [5, 5.41) is 0. The SMILES string of the molecule is CC(=O)CC1CCCCCN1C(=O)C1COCCO1. The Morgan fingerprint density at radius 3 is 2.74 bits per heavy atom. The van der Waals surface area contributed by atoms with Gasteiger partial charge in [0.15, 0.2) is 6.10 Å². The number of hydrogen-bond donors (Lipinski definition) is 0. The van der Waals surface area contributed by atoms with E-state index in [1.807, 2.05) is 4.90 Å². The van der Waals surface area contributed by atoms with Gasteiger partial charge in [0.05, 0.1) is 19.8 Å². The average Bonchev–Trinajstić information content (AvgIpc) is 2.64. The summed E-state index contributed by atoms with van der Waals surface area (Å²) < 4.78 is 10.8. The van der Waals surface area contributed by atoms with Crippen molar-refractivity contribution in [3.05, 3.63) is 0 Å². The van der Waals surface area contributed by atoms with Crippen LogP contribution >= 0.6 is 0 Å². The van der Waals surface area contributed by atoms with Gasteiger partial charge in [0.25, 0.3) is 5.91 Å². The molecule has 2 rings (SSSR count). The fourth-order valence-corrected chi connectivity index (χ4v) is 2.83. The zero-order valence-corrected chi connectivity index (χ0v) is 11.6. The van der Waals surface area contributed by atoms with E-state index < -0.39 is 6.10 Å². The molecule has 0 bridgehead atoms. The van der Waals surface area contributed by atoms with Crippen LogP contribution in [0.4, 0.5) is 0 Å². The molecule has 0 aliphatic carbocycles. The van der Waals surface area contributed by atoms with E-state index >= 15 is 0 Å². The van der Waals surface area contributed by atoms with Crippen molar-refractivity contribution < 1.29 is 19.1 Å². The Morgan fingerprint density at radius 2 is 2.05 bits per heavy atom. The lowest BCUT2D eigenvalue weighted by atomic mass is 10.0. The van der Waals surface area contributed by atoms with Crippen molar-refractivity contribution in [2.75, 3.05) is 26.4 Å². The Kier molecular flexibility index (Phi) is 5.34. The van der Waals surface area contributed by atoms with Gasteiger partial charge >= 0.3 is 0 Å². The molecule has 0 radical (unpaired) electrons. The number of nitrogens with zero attached hydrogens (tertiary/aromatic N) is 1. The Balaban J connectivity index is 2.03. The molecular weight excluding hydrogens is 246 g/mol. The number of carbonyl (C=O) groups is 2. The maximum atomic E-state index is 12.5. The number of amides is 1. The van der Waals surface area contributed by atoms with E-state index in [9.17, 15) is 9.59 Å². The quantitative estimate of drug-likeness (QED) is 0.771. The maximum Gasteiger partial charge on any atom is 0.254 e. The number of Topliss-reactive ketones (excluding diaryl/α,β-unsaturated/α-hetero) is 1. The summed E-state index contributed by atoms with van der Waals surface area (Å²) in [5.41, 5.74) is 0. The van der Waals surface area contributed by atoms with Gasteiger partial charge in [-0.05, 0) is 19.8 Å². The van der Waals surface area contributed by atoms with Crippen molar-refractivity contribution >= 4 is 11.7 Å². The van der Waals surface area contributed by atoms with Gasteiger partial charge in [0.2, 0.25) is 0 Å². The van der Waals surface area contributed by atoms with Gasteiger partial charge in [-0.25, -0.2) is 0 Å². The van der Waals surface area contributed by atoms with Crippen LogP contribution in [0, 0.1) is 0 Å². The largest absolute Gasteiger partial charge is 0.376 e. The number of rotatable bonds is 3. The van der Waals surface area contributed by atoms with Crippen LogP contribution < -0.4 is 0 Å². The number of ketones is 1. The third kappa shape index (κ3) is 4.01. The highest BCUT2D eigenvalue weighted by molar-refractivity contribution is 5.83. The Labute approximate surface area is 114 Å². The normalized spacial score (nSPS) is 28.8. The summed E-state index contributed by atoms with van der Waals surface area (Å²) in [6.07, 6.45) is 4.11. The molecule has 0 aromatic carbocycles. The zero-order chi connectivity index (χ0) is 13.7. The number of likely N-dealkylation sites (tertiary alicyclic amines) is 1. The molecule has 2 aliphatic rings. The van der Waals surface area contributed by atoms with Crippen LogP contribution in [0.3, 0.4) is 0 Å². The molecule has 2 fully saturated rings. The number of hydrogen-bond acceptors (Lipinski definition) is 4. The highest BCUT2D eigenvalue weighted by Gasteiger charge is 2.32. The van der Waals surface area contributed by atoms with E-state index in [4.69, 9.17) is 9.47 Å². The van der Waals surface area contributed by atoms with E-state index in [0.717, 1.165) is 32.2 Å². The second kappa shape index (κ2) is 7.01. The molecule has 2 heterocycles. The average molecular weight is 269 g/mol.